The van der Waals surface area contributed by atoms with Crippen LogP contribution in [0.15, 0.2) is 15.9 Å². The van der Waals surface area contributed by atoms with Gasteiger partial charge in [-0.15, -0.1) is 11.3 Å². The van der Waals surface area contributed by atoms with Crippen LogP contribution in [0, 0.1) is 0 Å². The summed E-state index contributed by atoms with van der Waals surface area (Å²) < 4.78 is 5.93. The summed E-state index contributed by atoms with van der Waals surface area (Å²) in [5.74, 6) is -0.106. The molecule has 100 valence electrons. The molecular weight excluding hydrogens is 318 g/mol. The van der Waals surface area contributed by atoms with E-state index in [2.05, 4.69) is 15.9 Å². The van der Waals surface area contributed by atoms with Crippen molar-refractivity contribution in [2.75, 3.05) is 13.6 Å². The molecule has 18 heavy (non-hydrogen) atoms. The molecule has 0 aliphatic heterocycles. The number of rotatable bonds is 3. The summed E-state index contributed by atoms with van der Waals surface area (Å²) in [7, 11) is 1.55. The van der Waals surface area contributed by atoms with Gasteiger partial charge in [0.05, 0.1) is 11.4 Å². The fraction of sp³-hybridized carbons (Fsp3) is 0.500. The first kappa shape index (κ1) is 15.2. The summed E-state index contributed by atoms with van der Waals surface area (Å²) in [6.45, 7) is 5.37. The first-order valence-electron chi connectivity index (χ1n) is 5.41. The van der Waals surface area contributed by atoms with Gasteiger partial charge in [-0.25, -0.2) is 4.79 Å². The summed E-state index contributed by atoms with van der Waals surface area (Å²) in [5, 5.41) is 1.82. The molecule has 1 heterocycles. The quantitative estimate of drug-likeness (QED) is 0.794. The number of ketones is 1. The lowest BCUT2D eigenvalue weighted by Gasteiger charge is -2.24. The molecule has 1 amide bonds. The third kappa shape index (κ3) is 4.42. The number of halogens is 1. The average Bonchev–Trinajstić information content (AvgIpc) is 2.61. The van der Waals surface area contributed by atoms with Crippen LogP contribution < -0.4 is 0 Å². The second-order valence-electron chi connectivity index (χ2n) is 4.86. The molecule has 0 saturated heterocycles. The Labute approximate surface area is 119 Å². The lowest BCUT2D eigenvalue weighted by molar-refractivity contribution is 0.0295. The third-order valence-electron chi connectivity index (χ3n) is 1.96. The Kier molecular flexibility index (Phi) is 4.92. The van der Waals surface area contributed by atoms with E-state index >= 15 is 0 Å². The van der Waals surface area contributed by atoms with Crippen molar-refractivity contribution in [3.05, 3.63) is 20.8 Å². The van der Waals surface area contributed by atoms with Crippen LogP contribution in [-0.4, -0.2) is 36.0 Å². The minimum Gasteiger partial charge on any atom is -0.444 e. The van der Waals surface area contributed by atoms with Gasteiger partial charge in [0.2, 0.25) is 0 Å². The van der Waals surface area contributed by atoms with Gasteiger partial charge in [-0.05, 0) is 48.1 Å². The van der Waals surface area contributed by atoms with Gasteiger partial charge in [-0.1, -0.05) is 0 Å². The molecule has 1 rings (SSSR count). The number of carbonyl (C=O) groups excluding carboxylic acids is 2. The second-order valence-corrected chi connectivity index (χ2v) is 6.63. The van der Waals surface area contributed by atoms with Gasteiger partial charge >= 0.3 is 6.09 Å². The van der Waals surface area contributed by atoms with Crippen molar-refractivity contribution in [3.63, 3.8) is 0 Å². The number of hydrogen-bond acceptors (Lipinski definition) is 4. The smallest absolute Gasteiger partial charge is 0.410 e. The van der Waals surface area contributed by atoms with Crippen molar-refractivity contribution >= 4 is 39.1 Å². The predicted octanol–water partition coefficient (Wildman–Crippen LogP) is 3.56. The Balaban J connectivity index is 2.60. The molecule has 0 atom stereocenters. The number of thiophene rings is 1. The molecule has 0 radical (unpaired) electrons. The monoisotopic (exact) mass is 333 g/mol. The zero-order valence-electron chi connectivity index (χ0n) is 10.8. The highest BCUT2D eigenvalue weighted by molar-refractivity contribution is 9.10. The van der Waals surface area contributed by atoms with Crippen LogP contribution in [0.25, 0.3) is 0 Å². The van der Waals surface area contributed by atoms with Crippen LogP contribution in [0.3, 0.4) is 0 Å². The van der Waals surface area contributed by atoms with E-state index in [-0.39, 0.29) is 12.3 Å². The standard InChI is InChI=1S/C12H16BrNO3S/c1-12(2,3)17-11(16)14(4)7-9(15)10-8(13)5-6-18-10/h5-6H,7H2,1-4H3. The summed E-state index contributed by atoms with van der Waals surface area (Å²) in [6, 6.07) is 1.81. The van der Waals surface area contributed by atoms with Gasteiger partial charge in [-0.3, -0.25) is 4.79 Å². The molecule has 0 bridgehead atoms. The molecular formula is C12H16BrNO3S. The normalized spacial score (nSPS) is 11.2. The summed E-state index contributed by atoms with van der Waals surface area (Å²) in [4.78, 5) is 25.5. The highest BCUT2D eigenvalue weighted by atomic mass is 79.9. The van der Waals surface area contributed by atoms with Crippen molar-refractivity contribution in [1.29, 1.82) is 0 Å². The van der Waals surface area contributed by atoms with E-state index in [1.807, 2.05) is 11.4 Å². The molecule has 0 aliphatic rings. The van der Waals surface area contributed by atoms with E-state index in [0.717, 1.165) is 4.47 Å². The highest BCUT2D eigenvalue weighted by Crippen LogP contribution is 2.23. The van der Waals surface area contributed by atoms with Crippen LogP contribution in [0.2, 0.25) is 0 Å². The van der Waals surface area contributed by atoms with Crippen LogP contribution in [-0.2, 0) is 4.74 Å². The maximum absolute atomic E-state index is 11.9. The molecule has 1 aromatic heterocycles. The SMILES string of the molecule is CN(CC(=O)c1sccc1Br)C(=O)OC(C)(C)C. The molecule has 0 N–H and O–H groups in total. The number of nitrogens with zero attached hydrogens (tertiary/aromatic N) is 1. The van der Waals surface area contributed by atoms with Crippen molar-refractivity contribution in [2.45, 2.75) is 26.4 Å². The Hall–Kier alpha value is -0.880. The Morgan fingerprint density at radius 3 is 2.50 bits per heavy atom. The Morgan fingerprint density at radius 1 is 1.44 bits per heavy atom. The van der Waals surface area contributed by atoms with E-state index in [9.17, 15) is 9.59 Å². The molecule has 4 nitrogen and oxygen atoms in total. The van der Waals surface area contributed by atoms with Crippen molar-refractivity contribution in [3.8, 4) is 0 Å². The highest BCUT2D eigenvalue weighted by Gasteiger charge is 2.22. The minimum atomic E-state index is -0.558. The topological polar surface area (TPSA) is 46.6 Å². The number of ether oxygens (including phenoxy) is 1. The van der Waals surface area contributed by atoms with Crippen molar-refractivity contribution in [1.82, 2.24) is 4.90 Å². The van der Waals surface area contributed by atoms with E-state index in [4.69, 9.17) is 4.74 Å². The number of likely N-dealkylation sites (N-methyl/N-ethyl adjacent to an activating group) is 1. The zero-order valence-corrected chi connectivity index (χ0v) is 13.2. The van der Waals surface area contributed by atoms with Crippen molar-refractivity contribution in [2.24, 2.45) is 0 Å². The largest absolute Gasteiger partial charge is 0.444 e. The lowest BCUT2D eigenvalue weighted by atomic mass is 10.2. The fourth-order valence-electron chi connectivity index (χ4n) is 1.18. The zero-order chi connectivity index (χ0) is 13.9. The molecule has 0 unspecified atom stereocenters. The summed E-state index contributed by atoms with van der Waals surface area (Å²) >= 11 is 4.65. The van der Waals surface area contributed by atoms with E-state index in [0.29, 0.717) is 4.88 Å². The van der Waals surface area contributed by atoms with Gasteiger partial charge < -0.3 is 9.64 Å². The van der Waals surface area contributed by atoms with Gasteiger partial charge in [0, 0.05) is 11.5 Å². The van der Waals surface area contributed by atoms with Gasteiger partial charge in [0.15, 0.2) is 5.78 Å². The molecule has 0 spiro atoms. The molecule has 0 aliphatic carbocycles. The second kappa shape index (κ2) is 5.84. The van der Waals surface area contributed by atoms with E-state index in [1.54, 1.807) is 27.8 Å². The Morgan fingerprint density at radius 2 is 2.06 bits per heavy atom. The van der Waals surface area contributed by atoms with Gasteiger partial charge in [-0.2, -0.15) is 0 Å². The number of hydrogen-bond donors (Lipinski definition) is 0. The van der Waals surface area contributed by atoms with E-state index < -0.39 is 11.7 Å². The Bertz CT molecular complexity index is 450. The summed E-state index contributed by atoms with van der Waals surface area (Å²) in [5.41, 5.74) is -0.558. The van der Waals surface area contributed by atoms with Gasteiger partial charge in [0.25, 0.3) is 0 Å². The average molecular weight is 334 g/mol. The third-order valence-corrected chi connectivity index (χ3v) is 3.84. The fourth-order valence-corrected chi connectivity index (χ4v) is 2.71. The summed E-state index contributed by atoms with van der Waals surface area (Å²) in [6.07, 6.45) is -0.497. The van der Waals surface area contributed by atoms with Crippen LogP contribution in [0.4, 0.5) is 4.79 Å². The molecule has 6 heteroatoms. The predicted molar refractivity (Wildman–Crippen MR) is 75.2 cm³/mol. The molecule has 0 aromatic carbocycles. The van der Waals surface area contributed by atoms with Crippen LogP contribution in [0.1, 0.15) is 30.4 Å². The first-order valence-corrected chi connectivity index (χ1v) is 7.08. The number of amides is 1. The first-order chi connectivity index (χ1) is 8.20. The van der Waals surface area contributed by atoms with E-state index in [1.165, 1.54) is 16.2 Å². The molecule has 0 saturated carbocycles. The maximum atomic E-state index is 11.9. The number of carbonyl (C=O) groups is 2. The molecule has 1 aromatic rings. The molecule has 0 fully saturated rings. The minimum absolute atomic E-state index is 0.00796. The maximum Gasteiger partial charge on any atom is 0.410 e. The number of Topliss-reactive ketones (excluding diaryl/α,β-unsaturated/α-hetero) is 1. The lowest BCUT2D eigenvalue weighted by Crippen LogP contribution is -2.37. The van der Waals surface area contributed by atoms with Crippen molar-refractivity contribution < 1.29 is 14.3 Å². The van der Waals surface area contributed by atoms with Crippen LogP contribution >= 0.6 is 27.3 Å². The van der Waals surface area contributed by atoms with Gasteiger partial charge in [0.1, 0.15) is 5.60 Å². The van der Waals surface area contributed by atoms with Crippen LogP contribution in [0.5, 0.6) is 0 Å².